The molecule has 2 unspecified atom stereocenters. The fourth-order valence-corrected chi connectivity index (χ4v) is 5.77. The first-order valence-corrected chi connectivity index (χ1v) is 11.1. The summed E-state index contributed by atoms with van der Waals surface area (Å²) >= 11 is 0. The molecule has 2 aromatic rings. The molecule has 4 rings (SSSR count). The highest BCUT2D eigenvalue weighted by atomic mass is 32.2. The van der Waals surface area contributed by atoms with E-state index in [4.69, 9.17) is 5.73 Å². The number of hydrogen-bond acceptors (Lipinski definition) is 4. The minimum Gasteiger partial charge on any atom is -0.399 e. The van der Waals surface area contributed by atoms with E-state index in [-0.39, 0.29) is 22.9 Å². The van der Waals surface area contributed by atoms with Crippen molar-refractivity contribution in [3.63, 3.8) is 0 Å². The van der Waals surface area contributed by atoms with E-state index in [1.54, 1.807) is 23.1 Å². The average molecular weight is 400 g/mol. The molecule has 0 bridgehead atoms. The molecule has 0 saturated carbocycles. The SMILES string of the molecule is CC(=O)N1c2ccc(S(=O)(=O)NC3CCCc4cc(N)ccc43)cc2CC1C. The molecule has 2 atom stereocenters. The number of aryl methyl sites for hydroxylation is 1. The van der Waals surface area contributed by atoms with Crippen LogP contribution in [0, 0.1) is 0 Å². The van der Waals surface area contributed by atoms with Gasteiger partial charge in [-0.2, -0.15) is 0 Å². The summed E-state index contributed by atoms with van der Waals surface area (Å²) in [6.07, 6.45) is 3.25. The van der Waals surface area contributed by atoms with Crippen LogP contribution in [0.1, 0.15) is 49.4 Å². The van der Waals surface area contributed by atoms with Crippen molar-refractivity contribution >= 4 is 27.3 Å². The number of benzene rings is 2. The maximum atomic E-state index is 13.1. The summed E-state index contributed by atoms with van der Waals surface area (Å²) in [7, 11) is -3.67. The van der Waals surface area contributed by atoms with Gasteiger partial charge in [-0.3, -0.25) is 4.79 Å². The van der Waals surface area contributed by atoms with Crippen molar-refractivity contribution in [1.29, 1.82) is 0 Å². The lowest BCUT2D eigenvalue weighted by Crippen LogP contribution is -2.33. The minimum absolute atomic E-state index is 0.0296. The highest BCUT2D eigenvalue weighted by Gasteiger charge is 2.31. The lowest BCUT2D eigenvalue weighted by Gasteiger charge is -2.26. The first-order valence-electron chi connectivity index (χ1n) is 9.59. The Morgan fingerprint density at radius 3 is 2.71 bits per heavy atom. The van der Waals surface area contributed by atoms with Crippen molar-refractivity contribution in [3.05, 3.63) is 53.1 Å². The van der Waals surface area contributed by atoms with Crippen molar-refractivity contribution in [1.82, 2.24) is 4.72 Å². The van der Waals surface area contributed by atoms with Gasteiger partial charge >= 0.3 is 0 Å². The minimum atomic E-state index is -3.67. The van der Waals surface area contributed by atoms with Crippen LogP contribution in [0.2, 0.25) is 0 Å². The number of sulfonamides is 1. The predicted molar refractivity (Wildman–Crippen MR) is 110 cm³/mol. The van der Waals surface area contributed by atoms with E-state index in [0.717, 1.165) is 41.6 Å². The topological polar surface area (TPSA) is 92.5 Å². The van der Waals surface area contributed by atoms with E-state index in [1.807, 2.05) is 25.1 Å². The van der Waals surface area contributed by atoms with E-state index in [9.17, 15) is 13.2 Å². The maximum absolute atomic E-state index is 13.1. The van der Waals surface area contributed by atoms with Crippen LogP contribution in [0.5, 0.6) is 0 Å². The molecule has 1 heterocycles. The predicted octanol–water partition coefficient (Wildman–Crippen LogP) is 2.92. The highest BCUT2D eigenvalue weighted by molar-refractivity contribution is 7.89. The summed E-state index contributed by atoms with van der Waals surface area (Å²) < 4.78 is 29.0. The number of anilines is 2. The number of nitrogen functional groups attached to an aromatic ring is 1. The van der Waals surface area contributed by atoms with Crippen molar-refractivity contribution in [2.45, 2.75) is 56.5 Å². The quantitative estimate of drug-likeness (QED) is 0.776. The van der Waals surface area contributed by atoms with Crippen LogP contribution in [0.25, 0.3) is 0 Å². The number of amides is 1. The first-order chi connectivity index (χ1) is 13.3. The molecule has 1 aliphatic carbocycles. The number of nitrogens with one attached hydrogen (secondary N) is 1. The molecule has 7 heteroatoms. The van der Waals surface area contributed by atoms with Gasteiger partial charge in [-0.05, 0) is 79.6 Å². The third kappa shape index (κ3) is 3.29. The number of rotatable bonds is 3. The summed E-state index contributed by atoms with van der Waals surface area (Å²) in [4.78, 5) is 13.9. The Balaban J connectivity index is 1.63. The molecular weight excluding hydrogens is 374 g/mol. The first kappa shape index (κ1) is 19.0. The van der Waals surface area contributed by atoms with Crippen molar-refractivity contribution in [2.24, 2.45) is 0 Å². The van der Waals surface area contributed by atoms with Crippen molar-refractivity contribution in [3.8, 4) is 0 Å². The van der Waals surface area contributed by atoms with Crippen LogP contribution in [0.3, 0.4) is 0 Å². The number of carbonyl (C=O) groups is 1. The van der Waals surface area contributed by atoms with E-state index in [0.29, 0.717) is 12.1 Å². The summed E-state index contributed by atoms with van der Waals surface area (Å²) in [5, 5.41) is 0. The normalized spacial score (nSPS) is 21.3. The second kappa shape index (κ2) is 6.90. The summed E-state index contributed by atoms with van der Waals surface area (Å²) in [5.41, 5.74) is 10.4. The highest BCUT2D eigenvalue weighted by Crippen LogP contribution is 2.35. The smallest absolute Gasteiger partial charge is 0.241 e. The molecule has 0 saturated heterocycles. The Kier molecular flexibility index (Phi) is 4.67. The fourth-order valence-electron chi connectivity index (χ4n) is 4.47. The zero-order valence-corrected chi connectivity index (χ0v) is 16.9. The van der Waals surface area contributed by atoms with Crippen LogP contribution < -0.4 is 15.4 Å². The fraction of sp³-hybridized carbons (Fsp3) is 0.381. The van der Waals surface area contributed by atoms with Gasteiger partial charge in [0.2, 0.25) is 15.9 Å². The second-order valence-corrected chi connectivity index (χ2v) is 9.47. The van der Waals surface area contributed by atoms with Crippen molar-refractivity contribution < 1.29 is 13.2 Å². The van der Waals surface area contributed by atoms with Gasteiger partial charge in [0.25, 0.3) is 0 Å². The summed E-state index contributed by atoms with van der Waals surface area (Å²) in [6.45, 7) is 3.50. The molecule has 0 aromatic heterocycles. The second-order valence-electron chi connectivity index (χ2n) is 7.76. The maximum Gasteiger partial charge on any atom is 0.241 e. The number of carbonyl (C=O) groups excluding carboxylic acids is 1. The molecule has 2 aliphatic rings. The van der Waals surface area contributed by atoms with Crippen LogP contribution in [0.4, 0.5) is 11.4 Å². The standard InChI is InChI=1S/C21H25N3O3S/c1-13-10-16-12-18(7-9-21(16)24(13)14(2)25)28(26,27)23-20-5-3-4-15-11-17(22)6-8-19(15)20/h6-9,11-13,20,23H,3-5,10,22H2,1-2H3. The largest absolute Gasteiger partial charge is 0.399 e. The van der Waals surface area contributed by atoms with Crippen LogP contribution in [-0.4, -0.2) is 20.4 Å². The molecule has 0 fully saturated rings. The van der Waals surface area contributed by atoms with Crippen LogP contribution >= 0.6 is 0 Å². The van der Waals surface area contributed by atoms with Gasteiger partial charge in [-0.1, -0.05) is 6.07 Å². The van der Waals surface area contributed by atoms with Crippen LogP contribution in [0.15, 0.2) is 41.3 Å². The van der Waals surface area contributed by atoms with E-state index < -0.39 is 10.0 Å². The molecule has 1 aliphatic heterocycles. The van der Waals surface area contributed by atoms with E-state index >= 15 is 0 Å². The van der Waals surface area contributed by atoms with Gasteiger partial charge in [0.05, 0.1) is 4.90 Å². The average Bonchev–Trinajstić information content (AvgIpc) is 2.96. The van der Waals surface area contributed by atoms with Crippen LogP contribution in [-0.2, 0) is 27.7 Å². The monoisotopic (exact) mass is 399 g/mol. The number of fused-ring (bicyclic) bond motifs is 2. The number of nitrogens with two attached hydrogens (primary N) is 1. The molecule has 1 amide bonds. The third-order valence-electron chi connectivity index (χ3n) is 5.69. The zero-order valence-electron chi connectivity index (χ0n) is 16.1. The molecule has 0 radical (unpaired) electrons. The number of hydrogen-bond donors (Lipinski definition) is 2. The van der Waals surface area contributed by atoms with Crippen molar-refractivity contribution in [2.75, 3.05) is 10.6 Å². The van der Waals surface area contributed by atoms with Gasteiger partial charge in [0.1, 0.15) is 0 Å². The molecule has 3 N–H and O–H groups in total. The molecule has 0 spiro atoms. The Labute approximate surface area is 165 Å². The zero-order chi connectivity index (χ0) is 20.1. The lowest BCUT2D eigenvalue weighted by atomic mass is 9.88. The third-order valence-corrected chi connectivity index (χ3v) is 7.16. The summed E-state index contributed by atoms with van der Waals surface area (Å²) in [5.74, 6) is -0.0296. The van der Waals surface area contributed by atoms with Gasteiger partial charge in [0.15, 0.2) is 0 Å². The van der Waals surface area contributed by atoms with Gasteiger partial charge in [-0.15, -0.1) is 0 Å². The Morgan fingerprint density at radius 1 is 1.18 bits per heavy atom. The van der Waals surface area contributed by atoms with Gasteiger partial charge in [0, 0.05) is 30.4 Å². The van der Waals surface area contributed by atoms with E-state index in [2.05, 4.69) is 4.72 Å². The molecule has 28 heavy (non-hydrogen) atoms. The molecule has 6 nitrogen and oxygen atoms in total. The number of nitrogens with zero attached hydrogens (tertiary/aromatic N) is 1. The Morgan fingerprint density at radius 2 is 1.96 bits per heavy atom. The molecular formula is C21H25N3O3S. The Hall–Kier alpha value is -2.38. The van der Waals surface area contributed by atoms with Gasteiger partial charge < -0.3 is 10.6 Å². The summed E-state index contributed by atoms with van der Waals surface area (Å²) in [6, 6.07) is 10.5. The molecule has 2 aromatic carbocycles. The van der Waals surface area contributed by atoms with E-state index in [1.165, 1.54) is 6.92 Å². The molecule has 148 valence electrons. The van der Waals surface area contributed by atoms with Gasteiger partial charge in [-0.25, -0.2) is 13.1 Å². The lowest BCUT2D eigenvalue weighted by molar-refractivity contribution is -0.116. The Bertz CT molecular complexity index is 1050.